The van der Waals surface area contributed by atoms with E-state index in [0.717, 1.165) is 0 Å². The quantitative estimate of drug-likeness (QED) is 0.734. The predicted octanol–water partition coefficient (Wildman–Crippen LogP) is 3.40. The van der Waals surface area contributed by atoms with Crippen LogP contribution in [-0.2, 0) is 14.8 Å². The maximum atomic E-state index is 12.3. The molecule has 10 heteroatoms. The summed E-state index contributed by atoms with van der Waals surface area (Å²) in [7, 11) is -3.50. The fourth-order valence-corrected chi connectivity index (χ4v) is 5.41. The highest BCUT2D eigenvalue weighted by Gasteiger charge is 2.27. The van der Waals surface area contributed by atoms with E-state index in [0.29, 0.717) is 45.9 Å². The average Bonchev–Trinajstić information content (AvgIpc) is 3.18. The van der Waals surface area contributed by atoms with Gasteiger partial charge in [0.1, 0.15) is 9.96 Å². The third kappa shape index (κ3) is 5.36. The van der Waals surface area contributed by atoms with Crippen LogP contribution in [0.15, 0.2) is 39.9 Å². The van der Waals surface area contributed by atoms with Gasteiger partial charge in [-0.1, -0.05) is 29.3 Å². The molecule has 0 spiro atoms. The largest absolute Gasteiger partial charge is 0.482 e. The van der Waals surface area contributed by atoms with Crippen LogP contribution in [0.5, 0.6) is 5.75 Å². The number of carbonyl (C=O) groups excluding carboxylic acids is 1. The fourth-order valence-electron chi connectivity index (χ4n) is 2.76. The van der Waals surface area contributed by atoms with Crippen LogP contribution in [0.4, 0.5) is 0 Å². The van der Waals surface area contributed by atoms with E-state index >= 15 is 0 Å². The SMILES string of the molecule is O=C(COc1cc(Cl)ccc1Cl)N1CCC(NS(=O)(=O)c2cccs2)CC1. The number of piperidine rings is 1. The Morgan fingerprint density at radius 2 is 2.00 bits per heavy atom. The fraction of sp³-hybridized carbons (Fsp3) is 0.353. The summed E-state index contributed by atoms with van der Waals surface area (Å²) in [6, 6.07) is 7.89. The molecule has 1 fully saturated rings. The molecule has 2 aromatic rings. The van der Waals surface area contributed by atoms with Crippen LogP contribution >= 0.6 is 34.5 Å². The highest BCUT2D eigenvalue weighted by molar-refractivity contribution is 7.91. The number of nitrogens with one attached hydrogen (secondary N) is 1. The van der Waals surface area contributed by atoms with Crippen molar-refractivity contribution in [2.75, 3.05) is 19.7 Å². The average molecular weight is 449 g/mol. The minimum Gasteiger partial charge on any atom is -0.482 e. The maximum absolute atomic E-state index is 12.3. The van der Waals surface area contributed by atoms with Gasteiger partial charge in [-0.15, -0.1) is 11.3 Å². The summed E-state index contributed by atoms with van der Waals surface area (Å²) in [5.74, 6) is 0.182. The molecule has 0 radical (unpaired) electrons. The molecular weight excluding hydrogens is 431 g/mol. The molecule has 1 aromatic heterocycles. The molecule has 1 amide bonds. The van der Waals surface area contributed by atoms with Crippen molar-refractivity contribution in [3.8, 4) is 5.75 Å². The van der Waals surface area contributed by atoms with Gasteiger partial charge in [0.25, 0.3) is 5.91 Å². The number of nitrogens with zero attached hydrogens (tertiary/aromatic N) is 1. The number of amides is 1. The van der Waals surface area contributed by atoms with Crippen molar-refractivity contribution in [3.05, 3.63) is 45.8 Å². The van der Waals surface area contributed by atoms with Gasteiger partial charge in [0.2, 0.25) is 10.0 Å². The van der Waals surface area contributed by atoms with Crippen molar-refractivity contribution in [1.82, 2.24) is 9.62 Å². The molecule has 1 saturated heterocycles. The zero-order valence-electron chi connectivity index (χ0n) is 14.2. The normalized spacial score (nSPS) is 15.7. The lowest BCUT2D eigenvalue weighted by atomic mass is 10.1. The molecule has 1 aliphatic rings. The van der Waals surface area contributed by atoms with Crippen molar-refractivity contribution in [2.45, 2.75) is 23.1 Å². The lowest BCUT2D eigenvalue weighted by Crippen LogP contribution is -2.47. The lowest BCUT2D eigenvalue weighted by Gasteiger charge is -2.32. The van der Waals surface area contributed by atoms with Crippen LogP contribution in [0.1, 0.15) is 12.8 Å². The number of hydrogen-bond acceptors (Lipinski definition) is 5. The van der Waals surface area contributed by atoms with E-state index < -0.39 is 10.0 Å². The lowest BCUT2D eigenvalue weighted by molar-refractivity contribution is -0.134. The van der Waals surface area contributed by atoms with Gasteiger partial charge in [-0.3, -0.25) is 4.79 Å². The van der Waals surface area contributed by atoms with Crippen LogP contribution in [-0.4, -0.2) is 45.0 Å². The summed E-state index contributed by atoms with van der Waals surface area (Å²) in [6.07, 6.45) is 1.10. The number of benzene rings is 1. The van der Waals surface area contributed by atoms with Crippen LogP contribution in [0.2, 0.25) is 10.0 Å². The number of carbonyl (C=O) groups is 1. The van der Waals surface area contributed by atoms with Gasteiger partial charge >= 0.3 is 0 Å². The monoisotopic (exact) mass is 448 g/mol. The number of ether oxygens (including phenoxy) is 1. The summed E-state index contributed by atoms with van der Waals surface area (Å²) < 4.78 is 33.0. The molecule has 0 saturated carbocycles. The van der Waals surface area contributed by atoms with Gasteiger partial charge in [0, 0.05) is 30.2 Å². The molecule has 1 aliphatic heterocycles. The minimum atomic E-state index is -3.50. The third-order valence-electron chi connectivity index (χ3n) is 4.17. The first kappa shape index (κ1) is 20.4. The van der Waals surface area contributed by atoms with Gasteiger partial charge < -0.3 is 9.64 Å². The van der Waals surface area contributed by atoms with Crippen LogP contribution in [0.3, 0.4) is 0 Å². The Kier molecular flexibility index (Phi) is 6.65. The second kappa shape index (κ2) is 8.79. The van der Waals surface area contributed by atoms with Gasteiger partial charge in [0.05, 0.1) is 5.02 Å². The first-order valence-corrected chi connectivity index (χ1v) is 11.4. The minimum absolute atomic E-state index is 0.147. The Hall–Kier alpha value is -1.32. The molecule has 3 rings (SSSR count). The third-order valence-corrected chi connectivity index (χ3v) is 7.64. The number of thiophene rings is 1. The Balaban J connectivity index is 1.48. The first-order chi connectivity index (χ1) is 12.8. The molecule has 27 heavy (non-hydrogen) atoms. The number of rotatable bonds is 6. The van der Waals surface area contributed by atoms with E-state index in [1.807, 2.05) is 0 Å². The summed E-state index contributed by atoms with van der Waals surface area (Å²) in [6.45, 7) is 0.776. The molecule has 0 bridgehead atoms. The standard InChI is InChI=1S/C17H18Cl2N2O4S2/c18-12-3-4-14(19)15(10-12)25-11-16(22)21-7-5-13(6-8-21)20-27(23,24)17-2-1-9-26-17/h1-4,9-10,13,20H,5-8,11H2. The zero-order valence-corrected chi connectivity index (χ0v) is 17.4. The Labute approximate surface area is 172 Å². The van der Waals surface area contributed by atoms with Gasteiger partial charge in [0.15, 0.2) is 6.61 Å². The Morgan fingerprint density at radius 1 is 1.26 bits per heavy atom. The second-order valence-electron chi connectivity index (χ2n) is 6.07. The van der Waals surface area contributed by atoms with Crippen LogP contribution in [0.25, 0.3) is 0 Å². The number of hydrogen-bond donors (Lipinski definition) is 1. The highest BCUT2D eigenvalue weighted by Crippen LogP contribution is 2.27. The van der Waals surface area contributed by atoms with E-state index in [4.69, 9.17) is 27.9 Å². The molecule has 1 N–H and O–H groups in total. The van der Waals surface area contributed by atoms with Crippen LogP contribution < -0.4 is 9.46 Å². The second-order valence-corrected chi connectivity index (χ2v) is 9.80. The first-order valence-electron chi connectivity index (χ1n) is 8.26. The zero-order chi connectivity index (χ0) is 19.4. The topological polar surface area (TPSA) is 75.7 Å². The van der Waals surface area contributed by atoms with E-state index in [9.17, 15) is 13.2 Å². The van der Waals surface area contributed by atoms with E-state index in [-0.39, 0.29) is 18.6 Å². The summed E-state index contributed by atoms with van der Waals surface area (Å²) in [4.78, 5) is 14.0. The molecule has 1 aromatic carbocycles. The highest BCUT2D eigenvalue weighted by atomic mass is 35.5. The molecular formula is C17H18Cl2N2O4S2. The molecule has 0 aliphatic carbocycles. The summed E-state index contributed by atoms with van der Waals surface area (Å²) in [5.41, 5.74) is 0. The summed E-state index contributed by atoms with van der Waals surface area (Å²) >= 11 is 13.1. The van der Waals surface area contributed by atoms with E-state index in [1.165, 1.54) is 11.3 Å². The van der Waals surface area contributed by atoms with Crippen molar-refractivity contribution < 1.29 is 17.9 Å². The molecule has 0 atom stereocenters. The van der Waals surface area contributed by atoms with Crippen molar-refractivity contribution in [2.24, 2.45) is 0 Å². The predicted molar refractivity (Wildman–Crippen MR) is 106 cm³/mol. The van der Waals surface area contributed by atoms with Crippen molar-refractivity contribution >= 4 is 50.5 Å². The van der Waals surface area contributed by atoms with Gasteiger partial charge in [-0.05, 0) is 36.4 Å². The number of sulfonamides is 1. The van der Waals surface area contributed by atoms with Crippen molar-refractivity contribution in [1.29, 1.82) is 0 Å². The number of halogens is 2. The van der Waals surface area contributed by atoms with Crippen LogP contribution in [0, 0.1) is 0 Å². The van der Waals surface area contributed by atoms with Crippen molar-refractivity contribution in [3.63, 3.8) is 0 Å². The van der Waals surface area contributed by atoms with Gasteiger partial charge in [-0.25, -0.2) is 13.1 Å². The molecule has 6 nitrogen and oxygen atoms in total. The molecule has 2 heterocycles. The summed E-state index contributed by atoms with van der Waals surface area (Å²) in [5, 5.41) is 2.58. The van der Waals surface area contributed by atoms with Gasteiger partial charge in [-0.2, -0.15) is 0 Å². The van der Waals surface area contributed by atoms with E-state index in [2.05, 4.69) is 4.72 Å². The molecule has 146 valence electrons. The Bertz CT molecular complexity index is 896. The smallest absolute Gasteiger partial charge is 0.260 e. The van der Waals surface area contributed by atoms with E-state index in [1.54, 1.807) is 40.6 Å². The number of likely N-dealkylation sites (tertiary alicyclic amines) is 1. The molecule has 0 unspecified atom stereocenters. The Morgan fingerprint density at radius 3 is 2.67 bits per heavy atom. The maximum Gasteiger partial charge on any atom is 0.260 e.